The first-order valence-corrected chi connectivity index (χ1v) is 14.1. The molecule has 0 spiro atoms. The van der Waals surface area contributed by atoms with Gasteiger partial charge in [-0.1, -0.05) is 137 Å². The Labute approximate surface area is 226 Å². The summed E-state index contributed by atoms with van der Waals surface area (Å²) in [5, 5.41) is 1.64. The highest BCUT2D eigenvalue weighted by molar-refractivity contribution is 6.31. The van der Waals surface area contributed by atoms with Gasteiger partial charge in [0.15, 0.2) is 5.60 Å². The lowest BCUT2D eigenvalue weighted by molar-refractivity contribution is -0.153. The van der Waals surface area contributed by atoms with Crippen LogP contribution in [0, 0.1) is 0 Å². The Balaban J connectivity index is 1.58. The highest BCUT2D eigenvalue weighted by atomic mass is 35.5. The first-order chi connectivity index (χ1) is 18.1. The molecule has 1 aromatic heterocycles. The number of hydrogen-bond donors (Lipinski definition) is 1. The van der Waals surface area contributed by atoms with E-state index in [1.54, 1.807) is 0 Å². The molecule has 4 rings (SSSR count). The van der Waals surface area contributed by atoms with Crippen LogP contribution in [-0.4, -0.2) is 11.0 Å². The summed E-state index contributed by atoms with van der Waals surface area (Å²) < 4.78 is 6.57. The van der Waals surface area contributed by atoms with Gasteiger partial charge in [-0.2, -0.15) is 0 Å². The summed E-state index contributed by atoms with van der Waals surface area (Å²) in [5.41, 5.74) is 2.56. The van der Waals surface area contributed by atoms with Crippen molar-refractivity contribution in [2.75, 3.05) is 0 Å². The van der Waals surface area contributed by atoms with Crippen LogP contribution >= 0.6 is 11.6 Å². The third kappa shape index (κ3) is 6.64. The third-order valence-corrected chi connectivity index (χ3v) is 7.37. The number of halogens is 1. The molecule has 0 unspecified atom stereocenters. The maximum Gasteiger partial charge on any atom is 0.307 e. The van der Waals surface area contributed by atoms with E-state index in [4.69, 9.17) is 16.3 Å². The summed E-state index contributed by atoms with van der Waals surface area (Å²) in [7, 11) is 0. The highest BCUT2D eigenvalue weighted by Crippen LogP contribution is 2.44. The maximum absolute atomic E-state index is 13.4. The lowest BCUT2D eigenvalue weighted by Gasteiger charge is -2.35. The zero-order valence-electron chi connectivity index (χ0n) is 21.8. The van der Waals surface area contributed by atoms with Gasteiger partial charge in [-0.25, -0.2) is 0 Å². The summed E-state index contributed by atoms with van der Waals surface area (Å²) in [4.78, 5) is 16.8. The fraction of sp³-hybridized carbons (Fsp3) is 0.364. The Kier molecular flexibility index (Phi) is 9.85. The second kappa shape index (κ2) is 13.5. The van der Waals surface area contributed by atoms with Gasteiger partial charge in [0.2, 0.25) is 0 Å². The van der Waals surface area contributed by atoms with Gasteiger partial charge in [-0.3, -0.25) is 4.79 Å². The van der Waals surface area contributed by atoms with Gasteiger partial charge in [0, 0.05) is 45.2 Å². The molecule has 0 aliphatic carbocycles. The third-order valence-electron chi connectivity index (χ3n) is 7.14. The van der Waals surface area contributed by atoms with Gasteiger partial charge in [0.1, 0.15) is 0 Å². The van der Waals surface area contributed by atoms with Crippen LogP contribution in [0.15, 0.2) is 85.1 Å². The smallest absolute Gasteiger partial charge is 0.307 e. The van der Waals surface area contributed by atoms with E-state index in [1.165, 1.54) is 44.9 Å². The molecule has 0 aliphatic heterocycles. The quantitative estimate of drug-likeness (QED) is 0.134. The first-order valence-electron chi connectivity index (χ1n) is 13.7. The molecule has 0 amide bonds. The predicted octanol–water partition coefficient (Wildman–Crippen LogP) is 9.58. The highest BCUT2D eigenvalue weighted by Gasteiger charge is 2.42. The number of benzene rings is 3. The van der Waals surface area contributed by atoms with Gasteiger partial charge in [-0.15, -0.1) is 0 Å². The van der Waals surface area contributed by atoms with Gasteiger partial charge < -0.3 is 9.72 Å². The molecule has 0 saturated carbocycles. The number of ether oxygens (including phenoxy) is 1. The van der Waals surface area contributed by atoms with Crippen molar-refractivity contribution in [3.8, 4) is 0 Å². The Morgan fingerprint density at radius 3 is 1.95 bits per heavy atom. The maximum atomic E-state index is 13.4. The van der Waals surface area contributed by atoms with Gasteiger partial charge >= 0.3 is 5.97 Å². The fourth-order valence-electron chi connectivity index (χ4n) is 5.19. The minimum atomic E-state index is -1.08. The molecule has 1 heterocycles. The van der Waals surface area contributed by atoms with Crippen molar-refractivity contribution in [3.05, 3.63) is 107 Å². The standard InChI is InChI=1S/C33H38ClNO2/c1-2-3-4-5-6-7-8-9-16-21-32(36)37-33(26-17-12-10-13-18-26,27-19-14-11-15-20-27)30-25-35-31-24-28(34)22-23-29(30)31/h10-15,17-20,22-25,35H,2-9,16,21H2,1H3. The molecule has 0 radical (unpaired) electrons. The molecule has 3 aromatic carbocycles. The monoisotopic (exact) mass is 515 g/mol. The van der Waals surface area contributed by atoms with Gasteiger partial charge in [-0.05, 0) is 18.6 Å². The van der Waals surface area contributed by atoms with Crippen LogP contribution in [-0.2, 0) is 15.1 Å². The fourth-order valence-corrected chi connectivity index (χ4v) is 5.36. The number of fused-ring (bicyclic) bond motifs is 1. The van der Waals surface area contributed by atoms with E-state index in [-0.39, 0.29) is 5.97 Å². The van der Waals surface area contributed by atoms with Crippen LogP contribution in [0.2, 0.25) is 5.02 Å². The first kappa shape index (κ1) is 27.0. The summed E-state index contributed by atoms with van der Waals surface area (Å²) in [6.07, 6.45) is 13.2. The molecule has 3 nitrogen and oxygen atoms in total. The van der Waals surface area contributed by atoms with Crippen LogP contribution in [0.1, 0.15) is 87.8 Å². The molecule has 0 atom stereocenters. The van der Waals surface area contributed by atoms with E-state index >= 15 is 0 Å². The van der Waals surface area contributed by atoms with Gasteiger partial charge in [0.25, 0.3) is 0 Å². The Hall–Kier alpha value is -3.04. The van der Waals surface area contributed by atoms with Gasteiger partial charge in [0.05, 0.1) is 0 Å². The van der Waals surface area contributed by atoms with E-state index in [0.717, 1.165) is 40.4 Å². The van der Waals surface area contributed by atoms with Crippen LogP contribution < -0.4 is 0 Å². The number of aromatic nitrogens is 1. The van der Waals surface area contributed by atoms with Crippen LogP contribution in [0.5, 0.6) is 0 Å². The number of rotatable bonds is 14. The summed E-state index contributed by atoms with van der Waals surface area (Å²) in [5.74, 6) is -0.182. The lowest BCUT2D eigenvalue weighted by Crippen LogP contribution is -2.35. The predicted molar refractivity (Wildman–Crippen MR) is 154 cm³/mol. The minimum Gasteiger partial charge on any atom is -0.444 e. The second-order valence-electron chi connectivity index (χ2n) is 9.86. The Morgan fingerprint density at radius 2 is 1.35 bits per heavy atom. The topological polar surface area (TPSA) is 42.1 Å². The number of carbonyl (C=O) groups excluding carboxylic acids is 1. The van der Waals surface area contributed by atoms with E-state index in [1.807, 2.05) is 85.1 Å². The van der Waals surface area contributed by atoms with Crippen LogP contribution in [0.3, 0.4) is 0 Å². The average molecular weight is 516 g/mol. The van der Waals surface area contributed by atoms with Crippen molar-refractivity contribution in [2.45, 2.75) is 76.7 Å². The van der Waals surface area contributed by atoms with Crippen molar-refractivity contribution in [2.24, 2.45) is 0 Å². The number of H-pyrrole nitrogens is 1. The van der Waals surface area contributed by atoms with E-state index in [0.29, 0.717) is 11.4 Å². The number of hydrogen-bond acceptors (Lipinski definition) is 2. The molecule has 0 aliphatic rings. The molecule has 0 saturated heterocycles. The van der Waals surface area contributed by atoms with Crippen molar-refractivity contribution >= 4 is 28.5 Å². The largest absolute Gasteiger partial charge is 0.444 e. The summed E-state index contributed by atoms with van der Waals surface area (Å²) in [6, 6.07) is 25.9. The number of esters is 1. The summed E-state index contributed by atoms with van der Waals surface area (Å²) in [6.45, 7) is 2.25. The number of unbranched alkanes of at least 4 members (excludes halogenated alkanes) is 8. The van der Waals surface area contributed by atoms with Crippen molar-refractivity contribution in [3.63, 3.8) is 0 Å². The van der Waals surface area contributed by atoms with Crippen molar-refractivity contribution < 1.29 is 9.53 Å². The van der Waals surface area contributed by atoms with Crippen LogP contribution in [0.25, 0.3) is 10.9 Å². The van der Waals surface area contributed by atoms with Crippen molar-refractivity contribution in [1.29, 1.82) is 0 Å². The molecule has 0 bridgehead atoms. The van der Waals surface area contributed by atoms with E-state index < -0.39 is 5.60 Å². The molecule has 1 N–H and O–H groups in total. The summed E-state index contributed by atoms with van der Waals surface area (Å²) >= 11 is 6.28. The SMILES string of the molecule is CCCCCCCCCCCC(=O)OC(c1ccccc1)(c1ccccc1)c1c[nH]c2cc(Cl)ccc12. The zero-order chi connectivity index (χ0) is 25.9. The molecular formula is C33H38ClNO2. The molecule has 194 valence electrons. The number of aromatic amines is 1. The minimum absolute atomic E-state index is 0.182. The molecular weight excluding hydrogens is 478 g/mol. The van der Waals surface area contributed by atoms with E-state index in [2.05, 4.69) is 11.9 Å². The molecule has 4 heteroatoms. The van der Waals surface area contributed by atoms with Crippen molar-refractivity contribution in [1.82, 2.24) is 4.98 Å². The normalized spacial score (nSPS) is 11.6. The second-order valence-corrected chi connectivity index (χ2v) is 10.3. The van der Waals surface area contributed by atoms with E-state index in [9.17, 15) is 4.79 Å². The Bertz CT molecular complexity index is 1210. The lowest BCUT2D eigenvalue weighted by atomic mass is 9.80. The Morgan fingerprint density at radius 1 is 0.784 bits per heavy atom. The zero-order valence-corrected chi connectivity index (χ0v) is 22.6. The number of carbonyl (C=O) groups is 1. The molecule has 37 heavy (non-hydrogen) atoms. The molecule has 0 fully saturated rings. The average Bonchev–Trinajstić information content (AvgIpc) is 3.35. The molecule has 4 aromatic rings. The van der Waals surface area contributed by atoms with Crippen LogP contribution in [0.4, 0.5) is 0 Å². The number of nitrogens with one attached hydrogen (secondary N) is 1.